The second-order valence-corrected chi connectivity index (χ2v) is 5.01. The van der Waals surface area contributed by atoms with Crippen LogP contribution in [0.15, 0.2) is 16.8 Å². The SMILES string of the molecule is O=C(CCc1ccsc1)CC1CCNC1. The Bertz CT molecular complexity index is 301. The molecule has 1 aliphatic heterocycles. The smallest absolute Gasteiger partial charge is 0.133 e. The van der Waals surface area contributed by atoms with Crippen LogP contribution < -0.4 is 5.32 Å². The Kier molecular flexibility index (Phi) is 3.92. The van der Waals surface area contributed by atoms with Crippen LogP contribution >= 0.6 is 11.3 Å². The van der Waals surface area contributed by atoms with E-state index in [0.717, 1.165) is 25.9 Å². The molecule has 1 aromatic heterocycles. The molecule has 2 rings (SSSR count). The molecule has 82 valence electrons. The number of nitrogens with one attached hydrogen (secondary N) is 1. The topological polar surface area (TPSA) is 29.1 Å². The summed E-state index contributed by atoms with van der Waals surface area (Å²) in [7, 11) is 0. The average Bonchev–Trinajstić information content (AvgIpc) is 2.86. The summed E-state index contributed by atoms with van der Waals surface area (Å²) in [6.45, 7) is 2.12. The van der Waals surface area contributed by atoms with Gasteiger partial charge in [-0.15, -0.1) is 0 Å². The van der Waals surface area contributed by atoms with Gasteiger partial charge in [-0.25, -0.2) is 0 Å². The third-order valence-electron chi connectivity index (χ3n) is 2.95. The van der Waals surface area contributed by atoms with E-state index < -0.39 is 0 Å². The Labute approximate surface area is 94.7 Å². The van der Waals surface area contributed by atoms with Crippen LogP contribution in [0.25, 0.3) is 0 Å². The van der Waals surface area contributed by atoms with Crippen LogP contribution in [-0.2, 0) is 11.2 Å². The van der Waals surface area contributed by atoms with Crippen molar-refractivity contribution >= 4 is 17.1 Å². The summed E-state index contributed by atoms with van der Waals surface area (Å²) >= 11 is 1.70. The van der Waals surface area contributed by atoms with E-state index in [-0.39, 0.29) is 0 Å². The van der Waals surface area contributed by atoms with Gasteiger partial charge in [-0.1, -0.05) is 0 Å². The van der Waals surface area contributed by atoms with Crippen LogP contribution in [0.2, 0.25) is 0 Å². The Morgan fingerprint density at radius 2 is 2.53 bits per heavy atom. The third-order valence-corrected chi connectivity index (χ3v) is 3.68. The Morgan fingerprint density at radius 1 is 1.60 bits per heavy atom. The third kappa shape index (κ3) is 3.43. The molecule has 1 aliphatic rings. The molecular weight excluding hydrogens is 206 g/mol. The highest BCUT2D eigenvalue weighted by Crippen LogP contribution is 2.15. The van der Waals surface area contributed by atoms with Gasteiger partial charge in [0, 0.05) is 12.8 Å². The lowest BCUT2D eigenvalue weighted by molar-refractivity contribution is -0.119. The van der Waals surface area contributed by atoms with E-state index in [1.807, 2.05) is 0 Å². The lowest BCUT2D eigenvalue weighted by Gasteiger charge is -2.06. The summed E-state index contributed by atoms with van der Waals surface area (Å²) in [5.74, 6) is 1.02. The summed E-state index contributed by atoms with van der Waals surface area (Å²) in [5, 5.41) is 7.50. The molecule has 1 fully saturated rings. The number of hydrogen-bond donors (Lipinski definition) is 1. The van der Waals surface area contributed by atoms with E-state index >= 15 is 0 Å². The zero-order chi connectivity index (χ0) is 10.5. The minimum atomic E-state index is 0.426. The minimum absolute atomic E-state index is 0.426. The largest absolute Gasteiger partial charge is 0.316 e. The second-order valence-electron chi connectivity index (χ2n) is 4.23. The lowest BCUT2D eigenvalue weighted by Crippen LogP contribution is -2.13. The molecule has 2 heterocycles. The van der Waals surface area contributed by atoms with Gasteiger partial charge in [0.05, 0.1) is 0 Å². The van der Waals surface area contributed by atoms with Gasteiger partial charge in [-0.05, 0) is 54.2 Å². The number of Topliss-reactive ketones (excluding diaryl/α,β-unsaturated/α-hetero) is 1. The summed E-state index contributed by atoms with van der Waals surface area (Å²) in [6.07, 6.45) is 3.58. The molecule has 0 spiro atoms. The zero-order valence-corrected chi connectivity index (χ0v) is 9.69. The molecule has 3 heteroatoms. The van der Waals surface area contributed by atoms with Gasteiger partial charge in [-0.3, -0.25) is 4.79 Å². The first-order chi connectivity index (χ1) is 7.34. The van der Waals surface area contributed by atoms with Crippen LogP contribution in [0.3, 0.4) is 0 Å². The predicted molar refractivity (Wildman–Crippen MR) is 63.2 cm³/mol. The number of carbonyl (C=O) groups is 1. The normalized spacial score (nSPS) is 20.7. The van der Waals surface area contributed by atoms with Crippen molar-refractivity contribution in [3.8, 4) is 0 Å². The maximum absolute atomic E-state index is 11.7. The van der Waals surface area contributed by atoms with Crippen LogP contribution in [-0.4, -0.2) is 18.9 Å². The van der Waals surface area contributed by atoms with Crippen molar-refractivity contribution in [1.29, 1.82) is 0 Å². The van der Waals surface area contributed by atoms with Gasteiger partial charge in [0.15, 0.2) is 0 Å². The van der Waals surface area contributed by atoms with E-state index in [9.17, 15) is 4.79 Å². The highest BCUT2D eigenvalue weighted by Gasteiger charge is 2.17. The van der Waals surface area contributed by atoms with Gasteiger partial charge in [0.25, 0.3) is 0 Å². The van der Waals surface area contributed by atoms with Crippen LogP contribution in [0.1, 0.15) is 24.8 Å². The fraction of sp³-hybridized carbons (Fsp3) is 0.583. The molecule has 1 N–H and O–H groups in total. The fourth-order valence-electron chi connectivity index (χ4n) is 2.03. The van der Waals surface area contributed by atoms with Gasteiger partial charge in [0.2, 0.25) is 0 Å². The predicted octanol–water partition coefficient (Wildman–Crippen LogP) is 2.25. The Balaban J connectivity index is 1.68. The molecule has 0 saturated carbocycles. The molecule has 0 bridgehead atoms. The van der Waals surface area contributed by atoms with Crippen molar-refractivity contribution in [2.24, 2.45) is 5.92 Å². The quantitative estimate of drug-likeness (QED) is 0.829. The van der Waals surface area contributed by atoms with Gasteiger partial charge in [0.1, 0.15) is 5.78 Å². The van der Waals surface area contributed by atoms with Crippen molar-refractivity contribution < 1.29 is 4.79 Å². The van der Waals surface area contributed by atoms with Crippen LogP contribution in [0.4, 0.5) is 0 Å². The Hall–Kier alpha value is -0.670. The van der Waals surface area contributed by atoms with Crippen molar-refractivity contribution in [2.75, 3.05) is 13.1 Å². The molecule has 0 radical (unpaired) electrons. The summed E-state index contributed by atoms with van der Waals surface area (Å²) in [6, 6.07) is 2.11. The van der Waals surface area contributed by atoms with Crippen LogP contribution in [0, 0.1) is 5.92 Å². The molecule has 0 amide bonds. The number of aryl methyl sites for hydroxylation is 1. The second kappa shape index (κ2) is 5.42. The van der Waals surface area contributed by atoms with Crippen LogP contribution in [0.5, 0.6) is 0 Å². The zero-order valence-electron chi connectivity index (χ0n) is 8.87. The van der Waals surface area contributed by atoms with Crippen molar-refractivity contribution in [3.63, 3.8) is 0 Å². The molecule has 0 aromatic carbocycles. The highest BCUT2D eigenvalue weighted by atomic mass is 32.1. The molecule has 0 aliphatic carbocycles. The first-order valence-corrected chi connectivity index (χ1v) is 6.52. The number of thiophene rings is 1. The van der Waals surface area contributed by atoms with E-state index in [1.165, 1.54) is 12.0 Å². The monoisotopic (exact) mass is 223 g/mol. The summed E-state index contributed by atoms with van der Waals surface area (Å²) in [4.78, 5) is 11.7. The molecular formula is C12H17NOS. The lowest BCUT2D eigenvalue weighted by atomic mass is 9.98. The van der Waals surface area contributed by atoms with Gasteiger partial charge >= 0.3 is 0 Å². The standard InChI is InChI=1S/C12H17NOS/c14-12(7-11-3-5-13-8-11)2-1-10-4-6-15-9-10/h4,6,9,11,13H,1-3,5,7-8H2. The van der Waals surface area contributed by atoms with E-state index in [0.29, 0.717) is 18.1 Å². The van der Waals surface area contributed by atoms with Gasteiger partial charge < -0.3 is 5.32 Å². The van der Waals surface area contributed by atoms with Crippen molar-refractivity contribution in [2.45, 2.75) is 25.7 Å². The van der Waals surface area contributed by atoms with E-state index in [2.05, 4.69) is 22.1 Å². The maximum atomic E-state index is 11.7. The Morgan fingerprint density at radius 3 is 3.20 bits per heavy atom. The van der Waals surface area contributed by atoms with E-state index in [1.54, 1.807) is 11.3 Å². The minimum Gasteiger partial charge on any atom is -0.316 e. The molecule has 1 saturated heterocycles. The first-order valence-electron chi connectivity index (χ1n) is 5.58. The number of carbonyl (C=O) groups excluding carboxylic acids is 1. The molecule has 1 aromatic rings. The molecule has 1 unspecified atom stereocenters. The first kappa shape index (κ1) is 10.8. The van der Waals surface area contributed by atoms with E-state index in [4.69, 9.17) is 0 Å². The van der Waals surface area contributed by atoms with Gasteiger partial charge in [-0.2, -0.15) is 11.3 Å². The summed E-state index contributed by atoms with van der Waals surface area (Å²) in [5.41, 5.74) is 1.30. The fourth-order valence-corrected chi connectivity index (χ4v) is 2.73. The molecule has 1 atom stereocenters. The number of ketones is 1. The highest BCUT2D eigenvalue weighted by molar-refractivity contribution is 7.07. The molecule has 15 heavy (non-hydrogen) atoms. The van der Waals surface area contributed by atoms with Crippen molar-refractivity contribution in [1.82, 2.24) is 5.32 Å². The maximum Gasteiger partial charge on any atom is 0.133 e. The number of hydrogen-bond acceptors (Lipinski definition) is 3. The summed E-state index contributed by atoms with van der Waals surface area (Å²) < 4.78 is 0. The van der Waals surface area contributed by atoms with Crippen molar-refractivity contribution in [3.05, 3.63) is 22.4 Å². The molecule has 2 nitrogen and oxygen atoms in total. The number of rotatable bonds is 5. The average molecular weight is 223 g/mol.